The summed E-state index contributed by atoms with van der Waals surface area (Å²) < 4.78 is 26.8. The second-order valence-electron chi connectivity index (χ2n) is 8.19. The Labute approximate surface area is 170 Å². The van der Waals surface area contributed by atoms with Crippen molar-refractivity contribution in [1.82, 2.24) is 15.1 Å². The van der Waals surface area contributed by atoms with Crippen LogP contribution in [0, 0.1) is 23.5 Å². The summed E-state index contributed by atoms with van der Waals surface area (Å²) in [6.45, 7) is 0.672. The molecule has 2 N–H and O–H groups in total. The summed E-state index contributed by atoms with van der Waals surface area (Å²) in [4.78, 5) is 41.3. The van der Waals surface area contributed by atoms with E-state index in [9.17, 15) is 28.3 Å². The SMILES string of the molecule is O=C(NCc1ccc(F)cc1F)C1CN2CC3=C4CC(C4)CN3C(=O)C2=C(O)C1=O. The molecule has 4 heterocycles. The molecule has 0 spiro atoms. The molecular weight excluding hydrogens is 396 g/mol. The fourth-order valence-corrected chi connectivity index (χ4v) is 4.65. The van der Waals surface area contributed by atoms with Gasteiger partial charge in [0.2, 0.25) is 11.7 Å². The smallest absolute Gasteiger partial charge is 0.278 e. The lowest BCUT2D eigenvalue weighted by Gasteiger charge is -2.50. The number of ketones is 1. The first-order valence-electron chi connectivity index (χ1n) is 9.80. The van der Waals surface area contributed by atoms with Crippen LogP contribution in [0.5, 0.6) is 0 Å². The van der Waals surface area contributed by atoms with Crippen LogP contribution in [-0.4, -0.2) is 52.1 Å². The lowest BCUT2D eigenvalue weighted by atomic mass is 9.74. The van der Waals surface area contributed by atoms with Crippen LogP contribution in [0.2, 0.25) is 0 Å². The van der Waals surface area contributed by atoms with Crippen LogP contribution in [0.1, 0.15) is 18.4 Å². The first-order chi connectivity index (χ1) is 14.3. The van der Waals surface area contributed by atoms with Gasteiger partial charge in [0.25, 0.3) is 5.91 Å². The minimum Gasteiger partial charge on any atom is -0.503 e. The fraction of sp³-hybridized carbons (Fsp3) is 0.381. The predicted octanol–water partition coefficient (Wildman–Crippen LogP) is 1.37. The summed E-state index contributed by atoms with van der Waals surface area (Å²) >= 11 is 0. The van der Waals surface area contributed by atoms with Crippen molar-refractivity contribution in [3.63, 3.8) is 0 Å². The largest absolute Gasteiger partial charge is 0.503 e. The number of piperazine rings is 1. The average Bonchev–Trinajstić information content (AvgIpc) is 2.68. The van der Waals surface area contributed by atoms with E-state index in [2.05, 4.69) is 5.32 Å². The third kappa shape index (κ3) is 2.79. The molecule has 1 aromatic carbocycles. The highest BCUT2D eigenvalue weighted by Gasteiger charge is 2.49. The number of allylic oxidation sites excluding steroid dienone is 2. The summed E-state index contributed by atoms with van der Waals surface area (Å²) in [5.41, 5.74) is 2.13. The van der Waals surface area contributed by atoms with E-state index in [4.69, 9.17) is 0 Å². The second kappa shape index (κ2) is 6.65. The van der Waals surface area contributed by atoms with Gasteiger partial charge in [-0.05, 0) is 30.4 Å². The fourth-order valence-electron chi connectivity index (χ4n) is 4.65. The molecule has 1 saturated heterocycles. The van der Waals surface area contributed by atoms with E-state index in [-0.39, 0.29) is 24.4 Å². The molecule has 5 aliphatic rings. The molecule has 1 unspecified atom stereocenters. The number of hydrogen-bond donors (Lipinski definition) is 2. The van der Waals surface area contributed by atoms with Crippen molar-refractivity contribution in [2.24, 2.45) is 11.8 Å². The van der Waals surface area contributed by atoms with E-state index >= 15 is 0 Å². The Hall–Kier alpha value is -3.23. The number of amides is 2. The molecule has 2 fully saturated rings. The average molecular weight is 415 g/mol. The lowest BCUT2D eigenvalue weighted by molar-refractivity contribution is -0.140. The van der Waals surface area contributed by atoms with E-state index < -0.39 is 40.9 Å². The van der Waals surface area contributed by atoms with Crippen molar-refractivity contribution >= 4 is 17.6 Å². The van der Waals surface area contributed by atoms with Gasteiger partial charge in [0.15, 0.2) is 5.76 Å². The summed E-state index contributed by atoms with van der Waals surface area (Å²) in [5, 5.41) is 12.9. The molecule has 2 bridgehead atoms. The zero-order valence-electron chi connectivity index (χ0n) is 16.0. The molecule has 4 aliphatic heterocycles. The number of nitrogens with zero attached hydrogens (tertiary/aromatic N) is 2. The highest BCUT2D eigenvalue weighted by molar-refractivity contribution is 6.14. The van der Waals surface area contributed by atoms with Crippen molar-refractivity contribution < 1.29 is 28.3 Å². The minimum atomic E-state index is -1.22. The molecule has 30 heavy (non-hydrogen) atoms. The van der Waals surface area contributed by atoms with Crippen molar-refractivity contribution in [1.29, 1.82) is 0 Å². The first-order valence-corrected chi connectivity index (χ1v) is 9.80. The molecule has 6 rings (SSSR count). The van der Waals surface area contributed by atoms with Gasteiger partial charge in [0, 0.05) is 37.0 Å². The lowest BCUT2D eigenvalue weighted by Crippen LogP contribution is -2.58. The molecule has 7 nitrogen and oxygen atoms in total. The Bertz CT molecular complexity index is 1060. The van der Waals surface area contributed by atoms with Crippen molar-refractivity contribution in [3.05, 3.63) is 58.1 Å². The Morgan fingerprint density at radius 3 is 2.70 bits per heavy atom. The Balaban J connectivity index is 1.35. The molecule has 9 heteroatoms. The molecule has 156 valence electrons. The van der Waals surface area contributed by atoms with Crippen LogP contribution in [0.4, 0.5) is 8.78 Å². The van der Waals surface area contributed by atoms with Crippen LogP contribution in [0.15, 0.2) is 40.9 Å². The van der Waals surface area contributed by atoms with E-state index in [1.54, 1.807) is 9.80 Å². The Kier molecular flexibility index (Phi) is 4.16. The van der Waals surface area contributed by atoms with E-state index in [0.29, 0.717) is 25.1 Å². The zero-order valence-corrected chi connectivity index (χ0v) is 16.0. The monoisotopic (exact) mass is 415 g/mol. The topological polar surface area (TPSA) is 90.0 Å². The zero-order chi connectivity index (χ0) is 21.2. The molecule has 2 amide bonds. The van der Waals surface area contributed by atoms with Gasteiger partial charge in [-0.15, -0.1) is 0 Å². The van der Waals surface area contributed by atoms with Gasteiger partial charge in [-0.2, -0.15) is 0 Å². The summed E-state index contributed by atoms with van der Waals surface area (Å²) in [6, 6.07) is 3.00. The van der Waals surface area contributed by atoms with E-state index in [1.807, 2.05) is 0 Å². The van der Waals surface area contributed by atoms with Crippen molar-refractivity contribution in [3.8, 4) is 0 Å². The molecular formula is C21H19F2N3O4. The van der Waals surface area contributed by atoms with Gasteiger partial charge >= 0.3 is 0 Å². The molecule has 0 radical (unpaired) electrons. The van der Waals surface area contributed by atoms with Gasteiger partial charge in [-0.25, -0.2) is 8.78 Å². The number of carbonyl (C=O) groups is 3. The van der Waals surface area contributed by atoms with Gasteiger partial charge in [-0.1, -0.05) is 6.07 Å². The third-order valence-electron chi connectivity index (χ3n) is 6.31. The number of Topliss-reactive ketones (excluding diaryl/α,β-unsaturated/α-hetero) is 1. The van der Waals surface area contributed by atoms with Gasteiger partial charge in [0.05, 0.1) is 6.54 Å². The predicted molar refractivity (Wildman–Crippen MR) is 99.4 cm³/mol. The maximum absolute atomic E-state index is 13.8. The molecule has 1 atom stereocenters. The Morgan fingerprint density at radius 1 is 1.20 bits per heavy atom. The number of aliphatic hydroxyl groups is 1. The standard InChI is InChI=1S/C21H19F2N3O4/c22-13-2-1-11(15(23)5-13)6-24-20(29)14-8-25-9-16-12-3-10(4-12)7-26(16)21(30)17(25)19(28)18(14)27/h1-2,5,10,14,28H,3-4,6-9H2,(H,24,29). The maximum Gasteiger partial charge on any atom is 0.278 e. The number of halogens is 2. The molecule has 1 aliphatic carbocycles. The van der Waals surface area contributed by atoms with Crippen molar-refractivity contribution in [2.45, 2.75) is 19.4 Å². The van der Waals surface area contributed by atoms with Gasteiger partial charge in [-0.3, -0.25) is 14.4 Å². The maximum atomic E-state index is 13.8. The number of aliphatic hydroxyl groups excluding tert-OH is 1. The van der Waals surface area contributed by atoms with Gasteiger partial charge in [0.1, 0.15) is 23.2 Å². The van der Waals surface area contributed by atoms with Crippen LogP contribution in [0.25, 0.3) is 0 Å². The number of carbonyl (C=O) groups excluding carboxylic acids is 3. The summed E-state index contributed by atoms with van der Waals surface area (Å²) in [7, 11) is 0. The Morgan fingerprint density at radius 2 is 1.97 bits per heavy atom. The summed E-state index contributed by atoms with van der Waals surface area (Å²) in [5.74, 6) is -4.95. The summed E-state index contributed by atoms with van der Waals surface area (Å²) in [6.07, 6.45) is 1.92. The van der Waals surface area contributed by atoms with Crippen LogP contribution in [0.3, 0.4) is 0 Å². The quantitative estimate of drug-likeness (QED) is 0.728. The van der Waals surface area contributed by atoms with Crippen LogP contribution >= 0.6 is 0 Å². The normalized spacial score (nSPS) is 23.3. The molecule has 1 saturated carbocycles. The first kappa shape index (κ1) is 18.8. The van der Waals surface area contributed by atoms with Gasteiger partial charge < -0.3 is 20.2 Å². The number of hydrogen-bond acceptors (Lipinski definition) is 5. The third-order valence-corrected chi connectivity index (χ3v) is 6.31. The van der Waals surface area contributed by atoms with Crippen LogP contribution < -0.4 is 5.32 Å². The molecule has 1 aromatic rings. The molecule has 0 aromatic heterocycles. The van der Waals surface area contributed by atoms with Crippen LogP contribution in [-0.2, 0) is 20.9 Å². The number of benzene rings is 1. The number of fused-ring (bicyclic) bond motifs is 1. The minimum absolute atomic E-state index is 0.0459. The second-order valence-corrected chi connectivity index (χ2v) is 8.19. The number of rotatable bonds is 3. The van der Waals surface area contributed by atoms with Crippen molar-refractivity contribution in [2.75, 3.05) is 19.6 Å². The van der Waals surface area contributed by atoms with E-state index in [1.165, 1.54) is 11.6 Å². The van der Waals surface area contributed by atoms with E-state index in [0.717, 1.165) is 24.6 Å². The highest BCUT2D eigenvalue weighted by atomic mass is 19.1. The number of nitrogens with one attached hydrogen (secondary N) is 1. The highest BCUT2D eigenvalue weighted by Crippen LogP contribution is 2.45.